The molecule has 3 atom stereocenters. The summed E-state index contributed by atoms with van der Waals surface area (Å²) in [5.41, 5.74) is 0.185. The number of alkyl halides is 3. The van der Waals surface area contributed by atoms with Crippen LogP contribution in [0.1, 0.15) is 55.6 Å². The molecule has 0 amide bonds. The minimum absolute atomic E-state index is 0.0867. The Morgan fingerprint density at radius 1 is 1.04 bits per heavy atom. The van der Waals surface area contributed by atoms with Gasteiger partial charge in [-0.15, -0.1) is 0 Å². The summed E-state index contributed by atoms with van der Waals surface area (Å²) < 4.78 is 38.7. The van der Waals surface area contributed by atoms with Crippen molar-refractivity contribution in [2.45, 2.75) is 62.8 Å². The van der Waals surface area contributed by atoms with Crippen LogP contribution in [-0.2, 0) is 6.18 Å². The Bertz CT molecular complexity index is 525. The number of nitrogens with zero attached hydrogens (tertiary/aromatic N) is 1. The monoisotopic (exact) mass is 327 g/mol. The smallest absolute Gasteiger partial charge is 0.391 e. The lowest BCUT2D eigenvalue weighted by atomic mass is 9.78. The molecule has 1 heterocycles. The highest BCUT2D eigenvalue weighted by atomic mass is 19.4. The van der Waals surface area contributed by atoms with E-state index in [1.165, 1.54) is 18.6 Å². The van der Waals surface area contributed by atoms with Gasteiger partial charge in [0.2, 0.25) is 0 Å². The van der Waals surface area contributed by atoms with E-state index in [-0.39, 0.29) is 18.1 Å². The topological polar surface area (TPSA) is 23.5 Å². The third-order valence-corrected chi connectivity index (χ3v) is 5.33. The molecular formula is C18H24F3NO. The van der Waals surface area contributed by atoms with Gasteiger partial charge >= 0.3 is 6.18 Å². The lowest BCUT2D eigenvalue weighted by molar-refractivity contribution is -0.137. The molecule has 0 aromatic heterocycles. The van der Waals surface area contributed by atoms with Gasteiger partial charge in [0.15, 0.2) is 0 Å². The second kappa shape index (κ2) is 6.81. The molecule has 2 fully saturated rings. The van der Waals surface area contributed by atoms with Crippen molar-refractivity contribution in [1.82, 2.24) is 4.90 Å². The van der Waals surface area contributed by atoms with E-state index >= 15 is 0 Å². The fourth-order valence-corrected chi connectivity index (χ4v) is 4.04. The van der Waals surface area contributed by atoms with Gasteiger partial charge in [-0.1, -0.05) is 24.6 Å². The van der Waals surface area contributed by atoms with Crippen LogP contribution in [0.3, 0.4) is 0 Å². The number of hydrogen-bond acceptors (Lipinski definition) is 2. The van der Waals surface area contributed by atoms with Crippen molar-refractivity contribution in [3.63, 3.8) is 0 Å². The van der Waals surface area contributed by atoms with Crippen molar-refractivity contribution in [3.05, 3.63) is 35.4 Å². The second-order valence-electron chi connectivity index (χ2n) is 6.86. The summed E-state index contributed by atoms with van der Waals surface area (Å²) in [6, 6.07) is 5.80. The fourth-order valence-electron chi connectivity index (χ4n) is 4.04. The molecule has 0 radical (unpaired) electrons. The van der Waals surface area contributed by atoms with Gasteiger partial charge in [-0.05, 0) is 62.7 Å². The predicted molar refractivity (Wildman–Crippen MR) is 83.3 cm³/mol. The fraction of sp³-hybridized carbons (Fsp3) is 0.667. The largest absolute Gasteiger partial charge is 0.416 e. The third-order valence-electron chi connectivity index (χ3n) is 5.33. The maximum Gasteiger partial charge on any atom is 0.416 e. The summed E-state index contributed by atoms with van der Waals surface area (Å²) in [5.74, 6) is 0.104. The SMILES string of the molecule is O[C@H]1CC[C@H](c2cccc(C(F)(F)F)c2)C[C@@H]1N1CCCCC1. The van der Waals surface area contributed by atoms with Crippen molar-refractivity contribution in [3.8, 4) is 0 Å². The van der Waals surface area contributed by atoms with Crippen LogP contribution in [0, 0.1) is 0 Å². The number of likely N-dealkylation sites (tertiary alicyclic amines) is 1. The van der Waals surface area contributed by atoms with Gasteiger partial charge in [-0.25, -0.2) is 0 Å². The maximum absolute atomic E-state index is 12.9. The van der Waals surface area contributed by atoms with Gasteiger partial charge in [0.05, 0.1) is 11.7 Å². The highest BCUT2D eigenvalue weighted by Crippen LogP contribution is 2.38. The average molecular weight is 327 g/mol. The van der Waals surface area contributed by atoms with E-state index in [0.29, 0.717) is 6.42 Å². The molecule has 5 heteroatoms. The summed E-state index contributed by atoms with van der Waals surface area (Å²) in [4.78, 5) is 2.34. The zero-order chi connectivity index (χ0) is 16.4. The van der Waals surface area contributed by atoms with E-state index in [1.54, 1.807) is 6.07 Å². The molecule has 0 bridgehead atoms. The van der Waals surface area contributed by atoms with E-state index < -0.39 is 11.7 Å². The van der Waals surface area contributed by atoms with Crippen molar-refractivity contribution in [1.29, 1.82) is 0 Å². The minimum atomic E-state index is -4.30. The molecule has 1 aliphatic carbocycles. The van der Waals surface area contributed by atoms with E-state index in [0.717, 1.165) is 50.4 Å². The molecule has 2 nitrogen and oxygen atoms in total. The number of piperidine rings is 1. The summed E-state index contributed by atoms with van der Waals surface area (Å²) >= 11 is 0. The van der Waals surface area contributed by atoms with E-state index in [2.05, 4.69) is 4.90 Å². The first-order valence-corrected chi connectivity index (χ1v) is 8.54. The summed E-state index contributed by atoms with van der Waals surface area (Å²) in [6.45, 7) is 1.99. The van der Waals surface area contributed by atoms with Crippen LogP contribution in [0.2, 0.25) is 0 Å². The first-order valence-electron chi connectivity index (χ1n) is 8.54. The highest BCUT2D eigenvalue weighted by molar-refractivity contribution is 5.29. The van der Waals surface area contributed by atoms with Crippen LogP contribution in [0.5, 0.6) is 0 Å². The number of benzene rings is 1. The van der Waals surface area contributed by atoms with Crippen LogP contribution in [0.25, 0.3) is 0 Å². The Balaban J connectivity index is 1.75. The zero-order valence-corrected chi connectivity index (χ0v) is 13.2. The van der Waals surface area contributed by atoms with Gasteiger partial charge in [-0.2, -0.15) is 13.2 Å². The summed E-state index contributed by atoms with van der Waals surface area (Å²) in [5, 5.41) is 10.3. The number of halogens is 3. The molecule has 23 heavy (non-hydrogen) atoms. The second-order valence-corrected chi connectivity index (χ2v) is 6.86. The number of rotatable bonds is 2. The molecule has 0 unspecified atom stereocenters. The van der Waals surface area contributed by atoms with E-state index in [9.17, 15) is 18.3 Å². The van der Waals surface area contributed by atoms with Crippen LogP contribution in [0.15, 0.2) is 24.3 Å². The van der Waals surface area contributed by atoms with Crippen molar-refractivity contribution in [2.75, 3.05) is 13.1 Å². The van der Waals surface area contributed by atoms with Gasteiger partial charge in [0.25, 0.3) is 0 Å². The number of hydrogen-bond donors (Lipinski definition) is 1. The Morgan fingerprint density at radius 2 is 1.78 bits per heavy atom. The number of aliphatic hydroxyl groups is 1. The first kappa shape index (κ1) is 16.8. The van der Waals surface area contributed by atoms with E-state index in [4.69, 9.17) is 0 Å². The molecule has 128 valence electrons. The average Bonchev–Trinajstić information content (AvgIpc) is 2.55. The molecule has 1 aromatic carbocycles. The zero-order valence-electron chi connectivity index (χ0n) is 13.2. The molecule has 1 N–H and O–H groups in total. The normalized spacial score (nSPS) is 30.3. The lowest BCUT2D eigenvalue weighted by Gasteiger charge is -2.42. The van der Waals surface area contributed by atoms with Crippen LogP contribution >= 0.6 is 0 Å². The minimum Gasteiger partial charge on any atom is -0.391 e. The highest BCUT2D eigenvalue weighted by Gasteiger charge is 2.36. The third kappa shape index (κ3) is 3.89. The van der Waals surface area contributed by atoms with Crippen molar-refractivity contribution in [2.24, 2.45) is 0 Å². The van der Waals surface area contributed by atoms with Crippen molar-refractivity contribution >= 4 is 0 Å². The summed E-state index contributed by atoms with van der Waals surface area (Å²) in [7, 11) is 0. The molecule has 3 rings (SSSR count). The molecular weight excluding hydrogens is 303 g/mol. The van der Waals surface area contributed by atoms with Gasteiger partial charge < -0.3 is 5.11 Å². The first-order chi connectivity index (χ1) is 10.9. The molecule has 1 aliphatic heterocycles. The lowest BCUT2D eigenvalue weighted by Crippen LogP contribution is -2.48. The molecule has 2 aliphatic rings. The Labute approximate surface area is 135 Å². The Morgan fingerprint density at radius 3 is 2.48 bits per heavy atom. The maximum atomic E-state index is 12.9. The quantitative estimate of drug-likeness (QED) is 0.880. The van der Waals surface area contributed by atoms with Crippen LogP contribution in [-0.4, -0.2) is 35.2 Å². The molecule has 0 spiro atoms. The van der Waals surface area contributed by atoms with Gasteiger partial charge in [0, 0.05) is 6.04 Å². The molecule has 1 aromatic rings. The predicted octanol–water partition coefficient (Wildman–Crippen LogP) is 4.19. The molecule has 1 saturated carbocycles. The summed E-state index contributed by atoms with van der Waals surface area (Å²) in [6.07, 6.45) is 1.06. The Hall–Kier alpha value is -1.07. The van der Waals surface area contributed by atoms with Gasteiger partial charge in [0.1, 0.15) is 0 Å². The van der Waals surface area contributed by atoms with Crippen LogP contribution in [0.4, 0.5) is 13.2 Å². The number of aliphatic hydroxyl groups excluding tert-OH is 1. The standard InChI is InChI=1S/C18H24F3NO/c19-18(20,21)15-6-4-5-13(11-15)14-7-8-17(23)16(12-14)22-9-2-1-3-10-22/h4-6,11,14,16-17,23H,1-3,7-10,12H2/t14-,16-,17-/m0/s1. The molecule has 1 saturated heterocycles. The van der Waals surface area contributed by atoms with E-state index in [1.807, 2.05) is 0 Å². The Kier molecular flexibility index (Phi) is 4.97. The van der Waals surface area contributed by atoms with Gasteiger partial charge in [-0.3, -0.25) is 4.90 Å². The van der Waals surface area contributed by atoms with Crippen molar-refractivity contribution < 1.29 is 18.3 Å². The van der Waals surface area contributed by atoms with Crippen LogP contribution < -0.4 is 0 Å².